The van der Waals surface area contributed by atoms with Gasteiger partial charge in [0, 0.05) is 43.0 Å². The highest BCUT2D eigenvalue weighted by Gasteiger charge is 2.29. The van der Waals surface area contributed by atoms with Gasteiger partial charge in [-0.3, -0.25) is 9.69 Å². The Morgan fingerprint density at radius 1 is 1.08 bits per heavy atom. The summed E-state index contributed by atoms with van der Waals surface area (Å²) in [5.41, 5.74) is 4.87. The highest BCUT2D eigenvalue weighted by Crippen LogP contribution is 2.47. The van der Waals surface area contributed by atoms with Crippen LogP contribution in [0, 0.1) is 5.82 Å². The Bertz CT molecular complexity index is 1400. The molecule has 0 bridgehead atoms. The van der Waals surface area contributed by atoms with Gasteiger partial charge in [0.2, 0.25) is 0 Å². The highest BCUT2D eigenvalue weighted by atomic mass is 19.1. The van der Waals surface area contributed by atoms with E-state index in [1.165, 1.54) is 30.5 Å². The van der Waals surface area contributed by atoms with Crippen molar-refractivity contribution < 1.29 is 19.0 Å². The van der Waals surface area contributed by atoms with Crippen LogP contribution < -0.4 is 10.3 Å². The molecule has 0 spiro atoms. The van der Waals surface area contributed by atoms with Crippen molar-refractivity contribution in [1.82, 2.24) is 9.47 Å². The molecule has 1 N–H and O–H groups in total. The van der Waals surface area contributed by atoms with E-state index in [9.17, 15) is 19.1 Å². The van der Waals surface area contributed by atoms with Gasteiger partial charge in [0.15, 0.2) is 0 Å². The number of piperidine rings is 1. The number of ether oxygens (including phenoxy) is 1. The maximum Gasteiger partial charge on any atom is 0.336 e. The van der Waals surface area contributed by atoms with Crippen molar-refractivity contribution in [2.24, 2.45) is 0 Å². The molecule has 5 rings (SSSR count). The van der Waals surface area contributed by atoms with Gasteiger partial charge >= 0.3 is 5.97 Å². The van der Waals surface area contributed by atoms with Gasteiger partial charge in [-0.15, -0.1) is 0 Å². The summed E-state index contributed by atoms with van der Waals surface area (Å²) in [4.78, 5) is 27.0. The predicted octanol–water partition coefficient (Wildman–Crippen LogP) is 6.42. The molecule has 2 aromatic carbocycles. The number of carboxylic acid groups (broad SMARTS) is 1. The van der Waals surface area contributed by atoms with Crippen molar-refractivity contribution in [3.05, 3.63) is 87.1 Å². The average molecular weight is 533 g/mol. The molecule has 1 aliphatic heterocycles. The smallest absolute Gasteiger partial charge is 0.336 e. The molecule has 1 aromatic heterocycles. The van der Waals surface area contributed by atoms with E-state index in [1.807, 2.05) is 32.9 Å². The molecule has 0 atom stereocenters. The molecular weight excluding hydrogens is 495 g/mol. The lowest BCUT2D eigenvalue weighted by atomic mass is 9.93. The maximum atomic E-state index is 13.6. The van der Waals surface area contributed by atoms with Gasteiger partial charge in [0.25, 0.3) is 5.56 Å². The Balaban J connectivity index is 1.37. The lowest BCUT2D eigenvalue weighted by molar-refractivity contribution is 0.0695. The Labute approximate surface area is 229 Å². The molecule has 7 heteroatoms. The zero-order valence-electron chi connectivity index (χ0n) is 23.0. The van der Waals surface area contributed by atoms with Gasteiger partial charge in [-0.05, 0) is 98.9 Å². The van der Waals surface area contributed by atoms with Gasteiger partial charge in [-0.2, -0.15) is 0 Å². The Kier molecular flexibility index (Phi) is 7.89. The fourth-order valence-electron chi connectivity index (χ4n) is 5.76. The molecule has 0 amide bonds. The summed E-state index contributed by atoms with van der Waals surface area (Å²) >= 11 is 0. The number of pyridine rings is 1. The van der Waals surface area contributed by atoms with Crippen molar-refractivity contribution in [2.45, 2.75) is 77.5 Å². The minimum Gasteiger partial charge on any atom is -0.491 e. The molecule has 0 unspecified atom stereocenters. The number of likely N-dealkylation sites (tertiary alicyclic amines) is 1. The molecule has 206 valence electrons. The van der Waals surface area contributed by atoms with E-state index in [-0.39, 0.29) is 29.1 Å². The van der Waals surface area contributed by atoms with Gasteiger partial charge in [-0.25, -0.2) is 9.18 Å². The Morgan fingerprint density at radius 3 is 2.36 bits per heavy atom. The van der Waals surface area contributed by atoms with E-state index in [0.717, 1.165) is 54.9 Å². The Morgan fingerprint density at radius 2 is 1.77 bits per heavy atom. The molecule has 39 heavy (non-hydrogen) atoms. The van der Waals surface area contributed by atoms with Crippen LogP contribution in [0.25, 0.3) is 11.1 Å². The molecular formula is C32H37FN2O4. The van der Waals surface area contributed by atoms with Crippen molar-refractivity contribution in [2.75, 3.05) is 13.1 Å². The first kappa shape index (κ1) is 27.1. The number of rotatable bonds is 9. The minimum absolute atomic E-state index is 0.0238. The number of carboxylic acids is 1. The van der Waals surface area contributed by atoms with Gasteiger partial charge in [-0.1, -0.05) is 19.1 Å². The largest absolute Gasteiger partial charge is 0.491 e. The van der Waals surface area contributed by atoms with Crippen LogP contribution in [0.5, 0.6) is 5.75 Å². The third kappa shape index (κ3) is 5.93. The number of halogens is 1. The molecule has 2 heterocycles. The predicted molar refractivity (Wildman–Crippen MR) is 150 cm³/mol. The van der Waals surface area contributed by atoms with E-state index in [4.69, 9.17) is 4.74 Å². The van der Waals surface area contributed by atoms with Gasteiger partial charge in [0.05, 0.1) is 11.7 Å². The summed E-state index contributed by atoms with van der Waals surface area (Å²) < 4.78 is 21.7. The number of hydrogen-bond acceptors (Lipinski definition) is 4. The topological polar surface area (TPSA) is 71.8 Å². The molecule has 0 radical (unpaired) electrons. The summed E-state index contributed by atoms with van der Waals surface area (Å²) in [5.74, 6) is 0.0951. The second kappa shape index (κ2) is 11.3. The van der Waals surface area contributed by atoms with Crippen LogP contribution >= 0.6 is 0 Å². The van der Waals surface area contributed by atoms with Crippen molar-refractivity contribution >= 4 is 5.97 Å². The SMILES string of the molecule is CCc1c(C(=O)O)ccn(C2CCN(Cc3cc(C4CC4)c(-c4ccc(F)cc4)cc3OC(C)C)CC2)c1=O. The first-order chi connectivity index (χ1) is 18.7. The number of aromatic nitrogens is 1. The first-order valence-electron chi connectivity index (χ1n) is 14.0. The number of carbonyl (C=O) groups is 1. The fraction of sp³-hybridized carbons (Fsp3) is 0.438. The van der Waals surface area contributed by atoms with Crippen LogP contribution in [0.1, 0.15) is 85.5 Å². The van der Waals surface area contributed by atoms with E-state index >= 15 is 0 Å². The molecule has 2 fully saturated rings. The van der Waals surface area contributed by atoms with Crippen LogP contribution in [-0.2, 0) is 13.0 Å². The molecule has 6 nitrogen and oxygen atoms in total. The third-order valence-electron chi connectivity index (χ3n) is 7.92. The average Bonchev–Trinajstić information content (AvgIpc) is 3.75. The normalized spacial score (nSPS) is 16.5. The number of hydrogen-bond donors (Lipinski definition) is 1. The summed E-state index contributed by atoms with van der Waals surface area (Å²) in [5, 5.41) is 9.44. The highest BCUT2D eigenvalue weighted by molar-refractivity contribution is 5.89. The minimum atomic E-state index is -1.05. The third-order valence-corrected chi connectivity index (χ3v) is 7.92. The van der Waals surface area contributed by atoms with Crippen LogP contribution in [0.2, 0.25) is 0 Å². The fourth-order valence-corrected chi connectivity index (χ4v) is 5.76. The second-order valence-corrected chi connectivity index (χ2v) is 11.1. The monoisotopic (exact) mass is 532 g/mol. The lowest BCUT2D eigenvalue weighted by Gasteiger charge is -2.33. The summed E-state index contributed by atoms with van der Waals surface area (Å²) in [6, 6.07) is 12.8. The number of aromatic carboxylic acids is 1. The van der Waals surface area contributed by atoms with Crippen LogP contribution in [0.15, 0.2) is 53.5 Å². The molecule has 1 aliphatic carbocycles. The van der Waals surface area contributed by atoms with Crippen molar-refractivity contribution in [3.8, 4) is 16.9 Å². The maximum absolute atomic E-state index is 13.6. The van der Waals surface area contributed by atoms with E-state index in [0.29, 0.717) is 17.9 Å². The molecule has 1 saturated carbocycles. The zero-order valence-corrected chi connectivity index (χ0v) is 23.0. The summed E-state index contributed by atoms with van der Waals surface area (Å²) in [7, 11) is 0. The van der Waals surface area contributed by atoms with E-state index < -0.39 is 5.97 Å². The number of nitrogens with zero attached hydrogens (tertiary/aromatic N) is 2. The van der Waals surface area contributed by atoms with E-state index in [2.05, 4.69) is 17.0 Å². The summed E-state index contributed by atoms with van der Waals surface area (Å²) in [6.45, 7) is 8.30. The van der Waals surface area contributed by atoms with Crippen LogP contribution in [0.3, 0.4) is 0 Å². The molecule has 2 aliphatic rings. The standard InChI is InChI=1S/C32H37FN2O4/c1-4-26-27(32(37)38)13-16-35(31(26)36)25-11-14-34(15-12-25)19-23-17-28(21-5-6-21)29(18-30(23)39-20(2)3)22-7-9-24(33)10-8-22/h7-10,13,16-18,20-21,25H,4-6,11-12,14-15,19H2,1-3H3,(H,37,38). The van der Waals surface area contributed by atoms with Gasteiger partial charge < -0.3 is 14.4 Å². The van der Waals surface area contributed by atoms with Crippen LogP contribution in [0.4, 0.5) is 4.39 Å². The number of benzene rings is 2. The van der Waals surface area contributed by atoms with Crippen molar-refractivity contribution in [1.29, 1.82) is 0 Å². The second-order valence-electron chi connectivity index (χ2n) is 11.1. The van der Waals surface area contributed by atoms with E-state index in [1.54, 1.807) is 16.8 Å². The van der Waals surface area contributed by atoms with Crippen LogP contribution in [-0.4, -0.2) is 39.7 Å². The van der Waals surface area contributed by atoms with Crippen molar-refractivity contribution in [3.63, 3.8) is 0 Å². The molecule has 1 saturated heterocycles. The first-order valence-corrected chi connectivity index (χ1v) is 14.0. The quantitative estimate of drug-likeness (QED) is 0.345. The zero-order chi connectivity index (χ0) is 27.7. The summed E-state index contributed by atoms with van der Waals surface area (Å²) in [6.07, 6.45) is 6.04. The van der Waals surface area contributed by atoms with Gasteiger partial charge in [0.1, 0.15) is 11.6 Å². The lowest BCUT2D eigenvalue weighted by Crippen LogP contribution is -2.38. The molecule has 3 aromatic rings. The Hall–Kier alpha value is -3.45.